The van der Waals surface area contributed by atoms with Gasteiger partial charge in [-0.05, 0) is 23.8 Å². The van der Waals surface area contributed by atoms with Crippen LogP contribution in [0, 0.1) is 0 Å². The van der Waals surface area contributed by atoms with Crippen molar-refractivity contribution in [1.29, 1.82) is 0 Å². The molecule has 1 fully saturated rings. The van der Waals surface area contributed by atoms with E-state index in [1.807, 2.05) is 0 Å². The lowest BCUT2D eigenvalue weighted by Gasteiger charge is -2.49. The number of aliphatic hydroxyl groups excluding tert-OH is 3. The molecule has 5 rings (SSSR count). The number of carbonyl (C=O) groups is 2. The molecule has 0 spiro atoms. The average Bonchev–Trinajstić information content (AvgIpc) is 3.25. The average molecular weight is 428 g/mol. The Kier molecular flexibility index (Phi) is 4.50. The summed E-state index contributed by atoms with van der Waals surface area (Å²) in [5, 5.41) is 47.6. The molecule has 0 saturated heterocycles. The second-order valence-electron chi connectivity index (χ2n) is 7.79. The zero-order chi connectivity index (χ0) is 21.9. The van der Waals surface area contributed by atoms with Gasteiger partial charge in [0, 0.05) is 11.5 Å². The molecule has 2 aromatic carbocycles. The lowest BCUT2D eigenvalue weighted by molar-refractivity contribution is -0.117. The highest BCUT2D eigenvalue weighted by Gasteiger charge is 2.54. The van der Waals surface area contributed by atoms with Gasteiger partial charge in [-0.2, -0.15) is 0 Å². The van der Waals surface area contributed by atoms with Gasteiger partial charge < -0.3 is 40.5 Å². The SMILES string of the molecule is O=C(NC1C(O)C(O)C(O)C2NC(=O)c3c(cc4c(c3O)OCO4)C12)c1ccccc1. The highest BCUT2D eigenvalue weighted by atomic mass is 16.7. The summed E-state index contributed by atoms with van der Waals surface area (Å²) >= 11 is 0. The van der Waals surface area contributed by atoms with Gasteiger partial charge in [0.2, 0.25) is 12.5 Å². The first-order valence-electron chi connectivity index (χ1n) is 9.75. The van der Waals surface area contributed by atoms with Gasteiger partial charge in [-0.1, -0.05) is 18.2 Å². The van der Waals surface area contributed by atoms with Gasteiger partial charge in [0.1, 0.15) is 18.3 Å². The fourth-order valence-corrected chi connectivity index (χ4v) is 4.61. The third-order valence-electron chi connectivity index (χ3n) is 6.10. The number of phenols is 1. The molecule has 2 aromatic rings. The van der Waals surface area contributed by atoms with Gasteiger partial charge in [-0.15, -0.1) is 0 Å². The molecule has 162 valence electrons. The summed E-state index contributed by atoms with van der Waals surface area (Å²) in [7, 11) is 0. The maximum atomic E-state index is 12.8. The topological polar surface area (TPSA) is 158 Å². The molecule has 2 amide bonds. The third kappa shape index (κ3) is 2.91. The van der Waals surface area contributed by atoms with Crippen LogP contribution in [0.15, 0.2) is 36.4 Å². The number of aromatic hydroxyl groups is 1. The van der Waals surface area contributed by atoms with Crippen molar-refractivity contribution in [2.45, 2.75) is 36.3 Å². The number of aliphatic hydroxyl groups is 3. The van der Waals surface area contributed by atoms with E-state index in [0.717, 1.165) is 0 Å². The van der Waals surface area contributed by atoms with Crippen molar-refractivity contribution < 1.29 is 39.5 Å². The number of rotatable bonds is 2. The molecule has 1 saturated carbocycles. The van der Waals surface area contributed by atoms with Crippen LogP contribution in [0.25, 0.3) is 0 Å². The van der Waals surface area contributed by atoms with E-state index in [0.29, 0.717) is 5.56 Å². The Morgan fingerprint density at radius 3 is 2.55 bits per heavy atom. The van der Waals surface area contributed by atoms with E-state index in [9.17, 15) is 30.0 Å². The fraction of sp³-hybridized carbons (Fsp3) is 0.333. The smallest absolute Gasteiger partial charge is 0.255 e. The number of nitrogens with one attached hydrogen (secondary N) is 2. The normalized spacial score (nSPS) is 30.7. The maximum Gasteiger partial charge on any atom is 0.255 e. The highest BCUT2D eigenvalue weighted by molar-refractivity contribution is 6.02. The Morgan fingerprint density at radius 2 is 1.81 bits per heavy atom. The van der Waals surface area contributed by atoms with Crippen LogP contribution >= 0.6 is 0 Å². The van der Waals surface area contributed by atoms with Crippen molar-refractivity contribution in [3.63, 3.8) is 0 Å². The van der Waals surface area contributed by atoms with Gasteiger partial charge in [-0.25, -0.2) is 0 Å². The lowest BCUT2D eigenvalue weighted by atomic mass is 9.68. The Morgan fingerprint density at radius 1 is 1.06 bits per heavy atom. The molecule has 31 heavy (non-hydrogen) atoms. The monoisotopic (exact) mass is 428 g/mol. The van der Waals surface area contributed by atoms with Gasteiger partial charge in [0.25, 0.3) is 11.8 Å². The first-order chi connectivity index (χ1) is 14.9. The molecule has 10 nitrogen and oxygen atoms in total. The molecule has 0 aromatic heterocycles. The molecule has 10 heteroatoms. The second-order valence-corrected chi connectivity index (χ2v) is 7.79. The van der Waals surface area contributed by atoms with Crippen LogP contribution in [0.3, 0.4) is 0 Å². The van der Waals surface area contributed by atoms with E-state index in [1.54, 1.807) is 30.3 Å². The number of amides is 2. The van der Waals surface area contributed by atoms with Gasteiger partial charge in [-0.3, -0.25) is 9.59 Å². The summed E-state index contributed by atoms with van der Waals surface area (Å²) in [6.07, 6.45) is -4.67. The fourth-order valence-electron chi connectivity index (χ4n) is 4.61. The molecular formula is C21H20N2O8. The van der Waals surface area contributed by atoms with Crippen LogP contribution in [0.1, 0.15) is 32.2 Å². The predicted molar refractivity (Wildman–Crippen MR) is 104 cm³/mol. The summed E-state index contributed by atoms with van der Waals surface area (Å²) in [6.45, 7) is -0.139. The van der Waals surface area contributed by atoms with Crippen LogP contribution in [0.2, 0.25) is 0 Å². The largest absolute Gasteiger partial charge is 0.504 e. The molecule has 0 radical (unpaired) electrons. The predicted octanol–water partition coefficient (Wildman–Crippen LogP) is -0.789. The molecule has 2 heterocycles. The molecule has 6 atom stereocenters. The number of benzene rings is 2. The van der Waals surface area contributed by atoms with Crippen molar-refractivity contribution in [2.75, 3.05) is 6.79 Å². The van der Waals surface area contributed by atoms with E-state index in [4.69, 9.17) is 9.47 Å². The van der Waals surface area contributed by atoms with Crippen molar-refractivity contribution in [3.8, 4) is 17.2 Å². The summed E-state index contributed by atoms with van der Waals surface area (Å²) in [5.74, 6) is -2.25. The zero-order valence-corrected chi connectivity index (χ0v) is 16.1. The summed E-state index contributed by atoms with van der Waals surface area (Å²) in [5.41, 5.74) is 0.500. The van der Waals surface area contributed by atoms with Gasteiger partial charge in [0.05, 0.1) is 17.6 Å². The molecule has 6 unspecified atom stereocenters. The quantitative estimate of drug-likeness (QED) is 0.363. The van der Waals surface area contributed by atoms with Gasteiger partial charge in [0.15, 0.2) is 11.5 Å². The summed E-state index contributed by atoms with van der Waals surface area (Å²) in [4.78, 5) is 25.5. The van der Waals surface area contributed by atoms with Crippen LogP contribution in [-0.4, -0.2) is 69.4 Å². The Balaban J connectivity index is 1.61. The van der Waals surface area contributed by atoms with Crippen molar-refractivity contribution in [1.82, 2.24) is 10.6 Å². The number of fused-ring (bicyclic) bond motifs is 4. The van der Waals surface area contributed by atoms with Crippen molar-refractivity contribution >= 4 is 11.8 Å². The van der Waals surface area contributed by atoms with Gasteiger partial charge >= 0.3 is 0 Å². The number of hydrogen-bond acceptors (Lipinski definition) is 8. The molecular weight excluding hydrogens is 408 g/mol. The van der Waals surface area contributed by atoms with E-state index in [2.05, 4.69) is 10.6 Å². The number of phenolic OH excluding ortho intramolecular Hbond substituents is 1. The number of carbonyl (C=O) groups excluding carboxylic acids is 2. The second kappa shape index (κ2) is 7.12. The number of hydrogen-bond donors (Lipinski definition) is 6. The minimum atomic E-state index is -1.62. The standard InChI is InChI=1S/C21H20N2O8/c24-15-12-9(6-10-19(15)31-7-30-10)11-13(22-20(28)8-4-2-1-3-5-8)16(25)18(27)17(26)14(11)23-21(12)29/h1-6,11,13-14,16-18,24-27H,7H2,(H,22,28)(H,23,29). The number of ether oxygens (including phenoxy) is 2. The first kappa shape index (κ1) is 19.6. The first-order valence-corrected chi connectivity index (χ1v) is 9.75. The van der Waals surface area contributed by atoms with Crippen molar-refractivity contribution in [3.05, 3.63) is 53.1 Å². The molecule has 0 bridgehead atoms. The van der Waals surface area contributed by atoms with E-state index in [1.165, 1.54) is 6.07 Å². The van der Waals surface area contributed by atoms with Crippen molar-refractivity contribution in [2.24, 2.45) is 0 Å². The highest BCUT2D eigenvalue weighted by Crippen LogP contribution is 2.50. The molecule has 2 aliphatic heterocycles. The summed E-state index contributed by atoms with van der Waals surface area (Å²) < 4.78 is 10.6. The Hall–Kier alpha value is -3.34. The lowest BCUT2D eigenvalue weighted by Crippen LogP contribution is -2.69. The molecule has 3 aliphatic rings. The van der Waals surface area contributed by atoms with E-state index >= 15 is 0 Å². The minimum absolute atomic E-state index is 0.0224. The molecule has 6 N–H and O–H groups in total. The maximum absolute atomic E-state index is 12.8. The zero-order valence-electron chi connectivity index (χ0n) is 16.1. The third-order valence-corrected chi connectivity index (χ3v) is 6.10. The van der Waals surface area contributed by atoms with Crippen LogP contribution in [0.4, 0.5) is 0 Å². The van der Waals surface area contributed by atoms with Crippen LogP contribution < -0.4 is 20.1 Å². The van der Waals surface area contributed by atoms with Crippen LogP contribution in [-0.2, 0) is 0 Å². The summed E-state index contributed by atoms with van der Waals surface area (Å²) in [6, 6.07) is 7.68. The van der Waals surface area contributed by atoms with E-state index < -0.39 is 53.9 Å². The Bertz CT molecular complexity index is 1060. The van der Waals surface area contributed by atoms with E-state index in [-0.39, 0.29) is 29.4 Å². The Labute approximate surface area is 176 Å². The van der Waals surface area contributed by atoms with Crippen LogP contribution in [0.5, 0.6) is 17.2 Å². The molecule has 1 aliphatic carbocycles. The minimum Gasteiger partial charge on any atom is -0.504 e.